The second-order valence-corrected chi connectivity index (χ2v) is 7.83. The number of rotatable bonds is 9. The lowest BCUT2D eigenvalue weighted by Gasteiger charge is -2.16. The van der Waals surface area contributed by atoms with E-state index < -0.39 is 0 Å². The Kier molecular flexibility index (Phi) is 8.81. The van der Waals surface area contributed by atoms with Crippen molar-refractivity contribution in [2.45, 2.75) is 19.6 Å². The molecule has 0 saturated carbocycles. The highest BCUT2D eigenvalue weighted by atomic mass is 35.5. The molecule has 0 heterocycles. The number of nitrogens with one attached hydrogen (secondary N) is 1. The lowest BCUT2D eigenvalue weighted by Crippen LogP contribution is -2.17. The van der Waals surface area contributed by atoms with Crippen molar-refractivity contribution in [3.63, 3.8) is 0 Å². The van der Waals surface area contributed by atoms with Crippen molar-refractivity contribution in [3.8, 4) is 11.5 Å². The summed E-state index contributed by atoms with van der Waals surface area (Å²) in [6, 6.07) is 28.6. The van der Waals surface area contributed by atoms with Crippen molar-refractivity contribution in [2.24, 2.45) is 0 Å². The van der Waals surface area contributed by atoms with E-state index in [0.717, 1.165) is 41.6 Å². The van der Waals surface area contributed by atoms with Crippen molar-refractivity contribution in [1.82, 2.24) is 5.32 Å². The Morgan fingerprint density at radius 2 is 1.59 bits per heavy atom. The van der Waals surface area contributed by atoms with Crippen LogP contribution in [0.4, 0.5) is 0 Å². The van der Waals surface area contributed by atoms with Gasteiger partial charge in [0.15, 0.2) is 0 Å². The molecular formula is C27H27Cl2NO2. The SMILES string of the molecule is COc1ccc(CCNCc2c(OCc3ccccc3Cl)ccc3ccccc23)cc1.Cl. The summed E-state index contributed by atoms with van der Waals surface area (Å²) < 4.78 is 11.4. The fourth-order valence-electron chi connectivity index (χ4n) is 3.64. The molecule has 0 unspecified atom stereocenters. The first kappa shape index (κ1) is 23.9. The fourth-order valence-corrected chi connectivity index (χ4v) is 3.83. The van der Waals surface area contributed by atoms with E-state index in [9.17, 15) is 0 Å². The van der Waals surface area contributed by atoms with Crippen molar-refractivity contribution >= 4 is 34.8 Å². The van der Waals surface area contributed by atoms with Gasteiger partial charge in [-0.05, 0) is 53.6 Å². The van der Waals surface area contributed by atoms with E-state index in [1.165, 1.54) is 21.9 Å². The number of halogens is 2. The minimum absolute atomic E-state index is 0. The molecule has 0 aliphatic rings. The molecule has 5 heteroatoms. The molecule has 0 bridgehead atoms. The molecule has 0 amide bonds. The summed E-state index contributed by atoms with van der Waals surface area (Å²) in [6.07, 6.45) is 0.949. The molecule has 4 rings (SSSR count). The smallest absolute Gasteiger partial charge is 0.124 e. The van der Waals surface area contributed by atoms with Crippen molar-refractivity contribution in [3.05, 3.63) is 107 Å². The number of ether oxygens (including phenoxy) is 2. The Labute approximate surface area is 200 Å². The first-order chi connectivity index (χ1) is 15.2. The summed E-state index contributed by atoms with van der Waals surface area (Å²) in [6.45, 7) is 2.05. The Balaban J connectivity index is 0.00000289. The standard InChI is InChI=1S/C27H26ClNO2.ClH/c1-30-23-13-10-20(11-14-23)16-17-29-18-25-24-8-4-2-6-21(24)12-15-27(25)31-19-22-7-3-5-9-26(22)28;/h2-15,29H,16-19H2,1H3;1H. The maximum Gasteiger partial charge on any atom is 0.124 e. The zero-order valence-corrected chi connectivity index (χ0v) is 19.6. The van der Waals surface area contributed by atoms with Crippen LogP contribution in [-0.2, 0) is 19.6 Å². The third-order valence-corrected chi connectivity index (χ3v) is 5.76. The molecule has 4 aromatic rings. The normalized spacial score (nSPS) is 10.6. The summed E-state index contributed by atoms with van der Waals surface area (Å²) >= 11 is 6.30. The monoisotopic (exact) mass is 467 g/mol. The van der Waals surface area contributed by atoms with Gasteiger partial charge in [-0.2, -0.15) is 0 Å². The Hall–Kier alpha value is -2.72. The summed E-state index contributed by atoms with van der Waals surface area (Å²) in [5.74, 6) is 1.77. The minimum atomic E-state index is 0. The Morgan fingerprint density at radius 1 is 0.844 bits per heavy atom. The van der Waals surface area contributed by atoms with Gasteiger partial charge < -0.3 is 14.8 Å². The van der Waals surface area contributed by atoms with E-state index in [1.54, 1.807) is 7.11 Å². The summed E-state index contributed by atoms with van der Waals surface area (Å²) in [5.41, 5.74) is 3.43. The third kappa shape index (κ3) is 5.95. The van der Waals surface area contributed by atoms with Crippen LogP contribution >= 0.6 is 24.0 Å². The fraction of sp³-hybridized carbons (Fsp3) is 0.185. The Bertz CT molecular complexity index is 1150. The number of benzene rings is 4. The van der Waals surface area contributed by atoms with Crippen molar-refractivity contribution < 1.29 is 9.47 Å². The molecule has 0 spiro atoms. The van der Waals surface area contributed by atoms with E-state index in [-0.39, 0.29) is 12.4 Å². The van der Waals surface area contributed by atoms with Crippen molar-refractivity contribution in [1.29, 1.82) is 0 Å². The molecule has 1 N–H and O–H groups in total. The van der Waals surface area contributed by atoms with Gasteiger partial charge in [0.1, 0.15) is 18.1 Å². The largest absolute Gasteiger partial charge is 0.497 e. The average molecular weight is 468 g/mol. The average Bonchev–Trinajstić information content (AvgIpc) is 2.82. The molecule has 0 aliphatic carbocycles. The van der Waals surface area contributed by atoms with Gasteiger partial charge in [0.25, 0.3) is 0 Å². The predicted molar refractivity (Wildman–Crippen MR) is 135 cm³/mol. The Morgan fingerprint density at radius 3 is 2.38 bits per heavy atom. The van der Waals surface area contributed by atoms with Crippen LogP contribution in [0.3, 0.4) is 0 Å². The van der Waals surface area contributed by atoms with Crippen LogP contribution in [0.1, 0.15) is 16.7 Å². The first-order valence-corrected chi connectivity index (χ1v) is 10.8. The van der Waals surface area contributed by atoms with Gasteiger partial charge in [-0.15, -0.1) is 12.4 Å². The molecule has 0 saturated heterocycles. The molecule has 3 nitrogen and oxygen atoms in total. The molecule has 32 heavy (non-hydrogen) atoms. The van der Waals surface area contributed by atoms with E-state index in [2.05, 4.69) is 53.8 Å². The van der Waals surface area contributed by atoms with Crippen LogP contribution in [0, 0.1) is 0 Å². The number of hydrogen-bond donors (Lipinski definition) is 1. The lowest BCUT2D eigenvalue weighted by atomic mass is 10.0. The van der Waals surface area contributed by atoms with E-state index in [0.29, 0.717) is 6.61 Å². The van der Waals surface area contributed by atoms with E-state index in [4.69, 9.17) is 21.1 Å². The highest BCUT2D eigenvalue weighted by Crippen LogP contribution is 2.29. The number of hydrogen-bond acceptors (Lipinski definition) is 3. The highest BCUT2D eigenvalue weighted by molar-refractivity contribution is 6.31. The maximum atomic E-state index is 6.30. The van der Waals surface area contributed by atoms with E-state index >= 15 is 0 Å². The lowest BCUT2D eigenvalue weighted by molar-refractivity contribution is 0.303. The molecule has 4 aromatic carbocycles. The van der Waals surface area contributed by atoms with Gasteiger partial charge in [0.05, 0.1) is 7.11 Å². The molecule has 0 radical (unpaired) electrons. The van der Waals surface area contributed by atoms with Crippen LogP contribution in [0.15, 0.2) is 84.9 Å². The molecule has 0 aliphatic heterocycles. The summed E-state index contributed by atoms with van der Waals surface area (Å²) in [4.78, 5) is 0. The zero-order chi connectivity index (χ0) is 21.5. The van der Waals surface area contributed by atoms with Gasteiger partial charge in [-0.1, -0.05) is 72.3 Å². The highest BCUT2D eigenvalue weighted by Gasteiger charge is 2.10. The van der Waals surface area contributed by atoms with E-state index in [1.807, 2.05) is 36.4 Å². The molecule has 0 fully saturated rings. The topological polar surface area (TPSA) is 30.5 Å². The minimum Gasteiger partial charge on any atom is -0.497 e. The van der Waals surface area contributed by atoms with Crippen LogP contribution < -0.4 is 14.8 Å². The van der Waals surface area contributed by atoms with Gasteiger partial charge in [-0.25, -0.2) is 0 Å². The first-order valence-electron chi connectivity index (χ1n) is 10.4. The quantitative estimate of drug-likeness (QED) is 0.273. The predicted octanol–water partition coefficient (Wildman–Crippen LogP) is 6.83. The molecular weight excluding hydrogens is 441 g/mol. The zero-order valence-electron chi connectivity index (χ0n) is 18.0. The van der Waals surface area contributed by atoms with Gasteiger partial charge in [0.2, 0.25) is 0 Å². The van der Waals surface area contributed by atoms with Gasteiger partial charge in [-0.3, -0.25) is 0 Å². The second kappa shape index (κ2) is 11.8. The van der Waals surface area contributed by atoms with Gasteiger partial charge in [0, 0.05) is 22.7 Å². The van der Waals surface area contributed by atoms with Crippen LogP contribution in [0.5, 0.6) is 11.5 Å². The molecule has 0 aromatic heterocycles. The van der Waals surface area contributed by atoms with Crippen LogP contribution in [0.2, 0.25) is 5.02 Å². The number of methoxy groups -OCH3 is 1. The maximum absolute atomic E-state index is 6.30. The van der Waals surface area contributed by atoms with Crippen molar-refractivity contribution in [2.75, 3.05) is 13.7 Å². The summed E-state index contributed by atoms with van der Waals surface area (Å²) in [5, 5.41) is 6.72. The molecule has 166 valence electrons. The van der Waals surface area contributed by atoms with Crippen LogP contribution in [-0.4, -0.2) is 13.7 Å². The van der Waals surface area contributed by atoms with Crippen LogP contribution in [0.25, 0.3) is 10.8 Å². The van der Waals surface area contributed by atoms with Gasteiger partial charge >= 0.3 is 0 Å². The second-order valence-electron chi connectivity index (χ2n) is 7.42. The summed E-state index contributed by atoms with van der Waals surface area (Å²) in [7, 11) is 1.69. The third-order valence-electron chi connectivity index (χ3n) is 5.39. The molecule has 0 atom stereocenters. The number of fused-ring (bicyclic) bond motifs is 1.